The molecule has 38 heavy (non-hydrogen) atoms. The van der Waals surface area contributed by atoms with E-state index in [9.17, 15) is 9.18 Å². The molecule has 1 aliphatic heterocycles. The number of ketones is 1. The lowest BCUT2D eigenvalue weighted by Crippen LogP contribution is -2.54. The van der Waals surface area contributed by atoms with Crippen LogP contribution in [0.4, 0.5) is 10.1 Å². The molecule has 1 aliphatic rings. The molecule has 1 fully saturated rings. The second-order valence-corrected chi connectivity index (χ2v) is 10.3. The van der Waals surface area contributed by atoms with Gasteiger partial charge in [-0.1, -0.05) is 33.6 Å². The topological polar surface area (TPSA) is 75.4 Å². The predicted octanol–water partition coefficient (Wildman–Crippen LogP) is 6.03. The van der Waals surface area contributed by atoms with Crippen LogP contribution in [0, 0.1) is 19.7 Å². The van der Waals surface area contributed by atoms with Gasteiger partial charge in [0.1, 0.15) is 17.4 Å². The number of pyridine rings is 2. The van der Waals surface area contributed by atoms with E-state index >= 15 is 0 Å². The molecule has 7 nitrogen and oxygen atoms in total. The van der Waals surface area contributed by atoms with Gasteiger partial charge in [-0.15, -0.1) is 0 Å². The summed E-state index contributed by atoms with van der Waals surface area (Å²) in [4.78, 5) is 21.1. The first kappa shape index (κ1) is 31.3. The highest BCUT2D eigenvalue weighted by Gasteiger charge is 2.23. The molecule has 1 N–H and O–H groups in total. The van der Waals surface area contributed by atoms with Crippen LogP contribution in [0.5, 0.6) is 0 Å². The van der Waals surface area contributed by atoms with E-state index in [1.54, 1.807) is 24.6 Å². The van der Waals surface area contributed by atoms with E-state index < -0.39 is 0 Å². The molecule has 1 saturated heterocycles. The van der Waals surface area contributed by atoms with E-state index in [1.807, 2.05) is 20.0 Å². The summed E-state index contributed by atoms with van der Waals surface area (Å²) < 4.78 is 15.1. The summed E-state index contributed by atoms with van der Waals surface area (Å²) in [6.45, 7) is 18.5. The van der Waals surface area contributed by atoms with Crippen molar-refractivity contribution < 1.29 is 9.18 Å². The lowest BCUT2D eigenvalue weighted by Gasteiger charge is -2.38. The van der Waals surface area contributed by atoms with E-state index in [-0.39, 0.29) is 11.6 Å². The lowest BCUT2D eigenvalue weighted by molar-refractivity contribution is -0.117. The first-order valence-electron chi connectivity index (χ1n) is 14.1. The molecule has 0 aliphatic carbocycles. The Labute approximate surface area is 228 Å². The van der Waals surface area contributed by atoms with Gasteiger partial charge in [0.25, 0.3) is 0 Å². The van der Waals surface area contributed by atoms with Gasteiger partial charge in [-0.05, 0) is 65.5 Å². The van der Waals surface area contributed by atoms with Crippen molar-refractivity contribution in [1.29, 1.82) is 0 Å². The van der Waals surface area contributed by atoms with Gasteiger partial charge < -0.3 is 15.0 Å². The highest BCUT2D eigenvalue weighted by molar-refractivity contribution is 5.75. The van der Waals surface area contributed by atoms with Gasteiger partial charge in [0.2, 0.25) is 0 Å². The number of aromatic nitrogens is 4. The average molecular weight is 527 g/mol. The Morgan fingerprint density at radius 2 is 1.74 bits per heavy atom. The zero-order valence-corrected chi connectivity index (χ0v) is 24.6. The predicted molar refractivity (Wildman–Crippen MR) is 155 cm³/mol. The van der Waals surface area contributed by atoms with Crippen LogP contribution in [0.3, 0.4) is 0 Å². The number of hydrogen-bond donors (Lipinski definition) is 1. The van der Waals surface area contributed by atoms with E-state index in [2.05, 4.69) is 59.0 Å². The molecule has 8 heteroatoms. The van der Waals surface area contributed by atoms with Crippen LogP contribution >= 0.6 is 0 Å². The number of Topliss-reactive ketones (excluding diaryl/α,β-unsaturated/α-hetero) is 1. The second-order valence-electron chi connectivity index (χ2n) is 10.3. The Hall–Kier alpha value is -2.87. The largest absolute Gasteiger partial charge is 0.368 e. The minimum absolute atomic E-state index is 0.188. The highest BCUT2D eigenvalue weighted by Crippen LogP contribution is 2.25. The van der Waals surface area contributed by atoms with Crippen molar-refractivity contribution in [2.45, 2.75) is 106 Å². The van der Waals surface area contributed by atoms with Crippen molar-refractivity contribution in [3.05, 3.63) is 53.0 Å². The van der Waals surface area contributed by atoms with Crippen LogP contribution in [0.15, 0.2) is 24.5 Å². The molecule has 0 aromatic carbocycles. The second kappa shape index (κ2) is 15.5. The van der Waals surface area contributed by atoms with Crippen molar-refractivity contribution in [3.8, 4) is 0 Å². The molecule has 2 atom stereocenters. The Balaban J connectivity index is 0.000000225. The standard InChI is InChI=1S/C15H25N3.C10H12FN3.C5H10O/c1-5-6-14-13(4)16-8-7-15(14)18-9-11(2)17-12(3)10-18;1-3-4-8-6-14-10(5-9(8)11)12-7(2)13-14;1-3-4-5(2)6/h7-8,11-12,17H,5-6,9-10H2,1-4H3;5-6H,3-4H2,1-2H3;3-4H2,1-2H3. The minimum atomic E-state index is -0.188. The van der Waals surface area contributed by atoms with Gasteiger partial charge in [0, 0.05) is 67.0 Å². The third-order valence-corrected chi connectivity index (χ3v) is 6.37. The third-order valence-electron chi connectivity index (χ3n) is 6.37. The van der Waals surface area contributed by atoms with Crippen molar-refractivity contribution in [2.75, 3.05) is 18.0 Å². The van der Waals surface area contributed by atoms with Crippen molar-refractivity contribution in [2.24, 2.45) is 0 Å². The molecule has 0 amide bonds. The maximum atomic E-state index is 13.4. The number of piperazine rings is 1. The Bertz CT molecular complexity index is 1150. The van der Waals surface area contributed by atoms with Gasteiger partial charge in [0.15, 0.2) is 5.65 Å². The molecule has 210 valence electrons. The van der Waals surface area contributed by atoms with Gasteiger partial charge in [-0.25, -0.2) is 13.9 Å². The zero-order chi connectivity index (χ0) is 28.2. The number of carbonyl (C=O) groups excluding carboxylic acids is 1. The van der Waals surface area contributed by atoms with Gasteiger partial charge >= 0.3 is 0 Å². The molecular formula is C30H47FN6O. The summed E-state index contributed by atoms with van der Waals surface area (Å²) in [7, 11) is 0. The van der Waals surface area contributed by atoms with Crippen LogP contribution in [0.1, 0.15) is 89.9 Å². The smallest absolute Gasteiger partial charge is 0.158 e. The normalized spacial score (nSPS) is 16.9. The summed E-state index contributed by atoms with van der Waals surface area (Å²) in [6, 6.07) is 4.72. The third kappa shape index (κ3) is 9.46. The van der Waals surface area contributed by atoms with Gasteiger partial charge in [-0.2, -0.15) is 5.10 Å². The molecule has 4 rings (SSSR count). The minimum Gasteiger partial charge on any atom is -0.368 e. The van der Waals surface area contributed by atoms with E-state index in [4.69, 9.17) is 0 Å². The summed E-state index contributed by atoms with van der Waals surface area (Å²) in [5, 5.41) is 7.72. The number of nitrogens with zero attached hydrogens (tertiary/aromatic N) is 5. The molecule has 4 heterocycles. The fraction of sp³-hybridized carbons (Fsp3) is 0.600. The number of aryl methyl sites for hydroxylation is 3. The van der Waals surface area contributed by atoms with Crippen molar-refractivity contribution >= 4 is 17.1 Å². The molecule has 3 aromatic rings. The Morgan fingerprint density at radius 3 is 2.29 bits per heavy atom. The number of fused-ring (bicyclic) bond motifs is 1. The highest BCUT2D eigenvalue weighted by atomic mass is 19.1. The van der Waals surface area contributed by atoms with Crippen molar-refractivity contribution in [3.63, 3.8) is 0 Å². The molecule has 0 saturated carbocycles. The number of rotatable bonds is 7. The van der Waals surface area contributed by atoms with Gasteiger partial charge in [0.05, 0.1) is 0 Å². The molecule has 2 unspecified atom stereocenters. The first-order chi connectivity index (χ1) is 18.1. The van der Waals surface area contributed by atoms with Crippen LogP contribution in [-0.4, -0.2) is 50.5 Å². The molecule has 0 spiro atoms. The first-order valence-corrected chi connectivity index (χ1v) is 14.1. The molecule has 0 radical (unpaired) electrons. The number of hydrogen-bond acceptors (Lipinski definition) is 6. The molecule has 0 bridgehead atoms. The summed E-state index contributed by atoms with van der Waals surface area (Å²) in [5.41, 5.74) is 5.28. The summed E-state index contributed by atoms with van der Waals surface area (Å²) in [5.74, 6) is 0.766. The summed E-state index contributed by atoms with van der Waals surface area (Å²) in [6.07, 6.45) is 9.35. The Morgan fingerprint density at radius 1 is 1.08 bits per heavy atom. The van der Waals surface area contributed by atoms with Crippen LogP contribution in [-0.2, 0) is 17.6 Å². The monoisotopic (exact) mass is 526 g/mol. The Kier molecular flexibility index (Phi) is 12.8. The number of anilines is 1. The number of nitrogens with one attached hydrogen (secondary N) is 1. The SMILES string of the molecule is CCCC(C)=O.CCCc1c(N2CC(C)NC(C)C2)ccnc1C.CCCc1cn2nc(C)nc2cc1F. The van der Waals surface area contributed by atoms with E-state index in [1.165, 1.54) is 29.4 Å². The van der Waals surface area contributed by atoms with Gasteiger partial charge in [-0.3, -0.25) is 4.98 Å². The average Bonchev–Trinajstić information content (AvgIpc) is 3.19. The summed E-state index contributed by atoms with van der Waals surface area (Å²) >= 11 is 0. The fourth-order valence-electron chi connectivity index (χ4n) is 4.82. The van der Waals surface area contributed by atoms with E-state index in [0.717, 1.165) is 45.2 Å². The zero-order valence-electron chi connectivity index (χ0n) is 24.6. The maximum Gasteiger partial charge on any atom is 0.158 e. The van der Waals surface area contributed by atoms with Crippen LogP contribution in [0.2, 0.25) is 0 Å². The lowest BCUT2D eigenvalue weighted by atomic mass is 10.0. The van der Waals surface area contributed by atoms with E-state index in [0.29, 0.717) is 29.1 Å². The molecule has 3 aromatic heterocycles. The van der Waals surface area contributed by atoms with Crippen molar-refractivity contribution in [1.82, 2.24) is 24.9 Å². The maximum absolute atomic E-state index is 13.4. The van der Waals surface area contributed by atoms with Crippen LogP contribution in [0.25, 0.3) is 5.65 Å². The van der Waals surface area contributed by atoms with Crippen LogP contribution < -0.4 is 10.2 Å². The molecular weight excluding hydrogens is 479 g/mol. The fourth-order valence-corrected chi connectivity index (χ4v) is 4.82. The number of halogens is 1. The number of carbonyl (C=O) groups is 1. The quantitative estimate of drug-likeness (QED) is 0.405.